The SMILES string of the molecule is CCC1C(=O)NC(C(C)C)C(=O)N1C(C)C1CCOCC1. The van der Waals surface area contributed by atoms with Crippen LogP contribution in [-0.4, -0.2) is 48.1 Å². The Labute approximate surface area is 127 Å². The first kappa shape index (κ1) is 16.3. The quantitative estimate of drug-likeness (QED) is 0.856. The van der Waals surface area contributed by atoms with Crippen LogP contribution >= 0.6 is 0 Å². The van der Waals surface area contributed by atoms with Gasteiger partial charge in [0.2, 0.25) is 11.8 Å². The van der Waals surface area contributed by atoms with Gasteiger partial charge in [0.25, 0.3) is 0 Å². The van der Waals surface area contributed by atoms with Gasteiger partial charge in [0, 0.05) is 19.3 Å². The lowest BCUT2D eigenvalue weighted by molar-refractivity contribution is -0.155. The second kappa shape index (κ2) is 6.77. The molecule has 3 unspecified atom stereocenters. The number of ether oxygens (including phenoxy) is 1. The number of carbonyl (C=O) groups is 2. The Morgan fingerprint density at radius 3 is 2.38 bits per heavy atom. The van der Waals surface area contributed by atoms with Gasteiger partial charge < -0.3 is 15.0 Å². The number of nitrogens with zero attached hydrogens (tertiary/aromatic N) is 1. The molecule has 0 aromatic heterocycles. The number of hydrogen-bond donors (Lipinski definition) is 1. The highest BCUT2D eigenvalue weighted by Crippen LogP contribution is 2.28. The van der Waals surface area contributed by atoms with E-state index in [1.165, 1.54) is 0 Å². The number of carbonyl (C=O) groups excluding carboxylic acids is 2. The van der Waals surface area contributed by atoms with E-state index >= 15 is 0 Å². The van der Waals surface area contributed by atoms with Crippen LogP contribution in [0, 0.1) is 11.8 Å². The van der Waals surface area contributed by atoms with Crippen LogP contribution in [0.1, 0.15) is 47.0 Å². The first-order chi connectivity index (χ1) is 9.97. The average molecular weight is 296 g/mol. The molecule has 2 amide bonds. The Hall–Kier alpha value is -1.10. The van der Waals surface area contributed by atoms with E-state index < -0.39 is 0 Å². The zero-order chi connectivity index (χ0) is 15.6. The molecule has 120 valence electrons. The Kier molecular flexibility index (Phi) is 5.25. The summed E-state index contributed by atoms with van der Waals surface area (Å²) in [4.78, 5) is 27.1. The smallest absolute Gasteiger partial charge is 0.246 e. The molecule has 0 aromatic carbocycles. The molecule has 5 heteroatoms. The fourth-order valence-electron chi connectivity index (χ4n) is 3.50. The molecular formula is C16H28N2O3. The lowest BCUT2D eigenvalue weighted by atomic mass is 9.88. The van der Waals surface area contributed by atoms with E-state index in [0.717, 1.165) is 26.1 Å². The van der Waals surface area contributed by atoms with Crippen molar-refractivity contribution in [1.29, 1.82) is 0 Å². The Bertz CT molecular complexity index is 391. The van der Waals surface area contributed by atoms with Crippen molar-refractivity contribution < 1.29 is 14.3 Å². The summed E-state index contributed by atoms with van der Waals surface area (Å²) in [5.74, 6) is 0.615. The largest absolute Gasteiger partial charge is 0.381 e. The molecule has 0 spiro atoms. The van der Waals surface area contributed by atoms with Crippen molar-refractivity contribution in [3.8, 4) is 0 Å². The predicted octanol–water partition coefficient (Wildman–Crippen LogP) is 1.56. The highest BCUT2D eigenvalue weighted by Gasteiger charge is 2.44. The highest BCUT2D eigenvalue weighted by molar-refractivity contribution is 5.97. The van der Waals surface area contributed by atoms with E-state index in [0.29, 0.717) is 12.3 Å². The van der Waals surface area contributed by atoms with Crippen LogP contribution in [0.25, 0.3) is 0 Å². The molecule has 0 aromatic rings. The second-order valence-electron chi connectivity index (χ2n) is 6.59. The van der Waals surface area contributed by atoms with E-state index in [9.17, 15) is 9.59 Å². The fraction of sp³-hybridized carbons (Fsp3) is 0.875. The lowest BCUT2D eigenvalue weighted by Crippen LogP contribution is -2.67. The lowest BCUT2D eigenvalue weighted by Gasteiger charge is -2.46. The molecule has 2 rings (SSSR count). The summed E-state index contributed by atoms with van der Waals surface area (Å²) in [6, 6.07) is -0.619. The van der Waals surface area contributed by atoms with Crippen LogP contribution in [0.4, 0.5) is 0 Å². The van der Waals surface area contributed by atoms with Crippen molar-refractivity contribution in [2.45, 2.75) is 65.1 Å². The Balaban J connectivity index is 2.21. The standard InChI is InChI=1S/C16H28N2O3/c1-5-13-15(19)17-14(10(2)3)16(20)18(13)11(4)12-6-8-21-9-7-12/h10-14H,5-9H2,1-4H3,(H,17,19). The molecule has 2 aliphatic rings. The third-order valence-electron chi connectivity index (χ3n) is 4.90. The molecule has 2 heterocycles. The summed E-state index contributed by atoms with van der Waals surface area (Å²) in [5.41, 5.74) is 0. The maximum absolute atomic E-state index is 12.8. The number of hydrogen-bond acceptors (Lipinski definition) is 3. The number of nitrogens with one attached hydrogen (secondary N) is 1. The molecule has 2 aliphatic heterocycles. The first-order valence-electron chi connectivity index (χ1n) is 8.17. The predicted molar refractivity (Wildman–Crippen MR) is 80.7 cm³/mol. The minimum atomic E-state index is -0.386. The minimum Gasteiger partial charge on any atom is -0.381 e. The summed E-state index contributed by atoms with van der Waals surface area (Å²) in [7, 11) is 0. The van der Waals surface area contributed by atoms with Gasteiger partial charge in [0.05, 0.1) is 0 Å². The van der Waals surface area contributed by atoms with Crippen LogP contribution in [0.15, 0.2) is 0 Å². The summed E-state index contributed by atoms with van der Waals surface area (Å²) in [5, 5.41) is 2.90. The van der Waals surface area contributed by atoms with Crippen LogP contribution in [0.2, 0.25) is 0 Å². The van der Waals surface area contributed by atoms with Crippen molar-refractivity contribution >= 4 is 11.8 Å². The van der Waals surface area contributed by atoms with Gasteiger partial charge in [-0.3, -0.25) is 9.59 Å². The maximum atomic E-state index is 12.8. The molecule has 0 bridgehead atoms. The van der Waals surface area contributed by atoms with Gasteiger partial charge >= 0.3 is 0 Å². The zero-order valence-corrected chi connectivity index (χ0v) is 13.6. The number of amides is 2. The summed E-state index contributed by atoms with van der Waals surface area (Å²) < 4.78 is 5.41. The summed E-state index contributed by atoms with van der Waals surface area (Å²) in [6.45, 7) is 9.53. The van der Waals surface area contributed by atoms with E-state index in [4.69, 9.17) is 4.74 Å². The Morgan fingerprint density at radius 2 is 1.86 bits per heavy atom. The van der Waals surface area contributed by atoms with E-state index in [1.807, 2.05) is 25.7 Å². The van der Waals surface area contributed by atoms with Crippen LogP contribution < -0.4 is 5.32 Å². The molecule has 0 saturated carbocycles. The average Bonchev–Trinajstić information content (AvgIpc) is 2.48. The molecule has 0 aliphatic carbocycles. The number of piperazine rings is 1. The topological polar surface area (TPSA) is 58.6 Å². The van der Waals surface area contributed by atoms with Crippen molar-refractivity contribution in [2.75, 3.05) is 13.2 Å². The molecular weight excluding hydrogens is 268 g/mol. The summed E-state index contributed by atoms with van der Waals surface area (Å²) >= 11 is 0. The van der Waals surface area contributed by atoms with Crippen molar-refractivity contribution in [1.82, 2.24) is 10.2 Å². The van der Waals surface area contributed by atoms with Gasteiger partial charge in [-0.1, -0.05) is 20.8 Å². The highest BCUT2D eigenvalue weighted by atomic mass is 16.5. The van der Waals surface area contributed by atoms with Crippen LogP contribution in [0.5, 0.6) is 0 Å². The molecule has 0 radical (unpaired) electrons. The van der Waals surface area contributed by atoms with Gasteiger partial charge in [0.15, 0.2) is 0 Å². The van der Waals surface area contributed by atoms with Crippen molar-refractivity contribution in [2.24, 2.45) is 11.8 Å². The molecule has 1 N–H and O–H groups in total. The molecule has 21 heavy (non-hydrogen) atoms. The normalized spacial score (nSPS) is 29.7. The molecule has 5 nitrogen and oxygen atoms in total. The monoisotopic (exact) mass is 296 g/mol. The van der Waals surface area contributed by atoms with Crippen molar-refractivity contribution in [3.63, 3.8) is 0 Å². The van der Waals surface area contributed by atoms with Gasteiger partial charge in [-0.15, -0.1) is 0 Å². The first-order valence-corrected chi connectivity index (χ1v) is 8.17. The van der Waals surface area contributed by atoms with E-state index in [2.05, 4.69) is 12.2 Å². The number of rotatable bonds is 4. The van der Waals surface area contributed by atoms with Gasteiger partial charge in [-0.25, -0.2) is 0 Å². The van der Waals surface area contributed by atoms with E-state index in [1.54, 1.807) is 0 Å². The maximum Gasteiger partial charge on any atom is 0.246 e. The Morgan fingerprint density at radius 1 is 1.24 bits per heavy atom. The van der Waals surface area contributed by atoms with Crippen LogP contribution in [-0.2, 0) is 14.3 Å². The van der Waals surface area contributed by atoms with Crippen LogP contribution in [0.3, 0.4) is 0 Å². The van der Waals surface area contributed by atoms with Gasteiger partial charge in [-0.2, -0.15) is 0 Å². The van der Waals surface area contributed by atoms with Gasteiger partial charge in [0.1, 0.15) is 12.1 Å². The third-order valence-corrected chi connectivity index (χ3v) is 4.90. The van der Waals surface area contributed by atoms with Gasteiger partial charge in [-0.05, 0) is 38.0 Å². The summed E-state index contributed by atoms with van der Waals surface area (Å²) in [6.07, 6.45) is 2.60. The second-order valence-corrected chi connectivity index (χ2v) is 6.59. The minimum absolute atomic E-state index is 0.00490. The third kappa shape index (κ3) is 3.23. The van der Waals surface area contributed by atoms with E-state index in [-0.39, 0.29) is 35.9 Å². The zero-order valence-electron chi connectivity index (χ0n) is 13.6. The fourth-order valence-corrected chi connectivity index (χ4v) is 3.50. The molecule has 2 fully saturated rings. The molecule has 2 saturated heterocycles. The van der Waals surface area contributed by atoms with Crippen molar-refractivity contribution in [3.05, 3.63) is 0 Å². The molecule has 3 atom stereocenters.